The van der Waals surface area contributed by atoms with Crippen molar-refractivity contribution in [2.24, 2.45) is 5.73 Å². The van der Waals surface area contributed by atoms with Gasteiger partial charge in [0, 0.05) is 19.5 Å². The number of alkyl halides is 2. The number of hydrogen-bond acceptors (Lipinski definition) is 3. The number of nitrogens with two attached hydrogens (primary N) is 1. The summed E-state index contributed by atoms with van der Waals surface area (Å²) in [5.74, 6) is 0.439. The molecule has 0 bridgehead atoms. The summed E-state index contributed by atoms with van der Waals surface area (Å²) in [6, 6.07) is 7.31. The van der Waals surface area contributed by atoms with E-state index >= 15 is 0 Å². The van der Waals surface area contributed by atoms with E-state index in [1.807, 2.05) is 12.1 Å². The van der Waals surface area contributed by atoms with E-state index in [-0.39, 0.29) is 25.4 Å². The Bertz CT molecular complexity index is 410. The van der Waals surface area contributed by atoms with E-state index in [0.29, 0.717) is 6.42 Å². The first-order valence-corrected chi connectivity index (χ1v) is 6.45. The lowest BCUT2D eigenvalue weighted by Gasteiger charge is -2.21. The summed E-state index contributed by atoms with van der Waals surface area (Å²) in [5.41, 5.74) is 6.29. The van der Waals surface area contributed by atoms with Crippen LogP contribution in [0.25, 0.3) is 0 Å². The Morgan fingerprint density at radius 2 is 2.00 bits per heavy atom. The van der Waals surface area contributed by atoms with E-state index in [9.17, 15) is 13.6 Å². The molecule has 6 heteroatoms. The normalized spacial score (nSPS) is 10.7. The van der Waals surface area contributed by atoms with Gasteiger partial charge in [0.25, 0.3) is 6.43 Å². The van der Waals surface area contributed by atoms with Crippen molar-refractivity contribution >= 4 is 5.91 Å². The molecule has 0 radical (unpaired) electrons. The van der Waals surface area contributed by atoms with Crippen LogP contribution in [0.1, 0.15) is 12.0 Å². The molecule has 1 aromatic rings. The molecule has 0 fully saturated rings. The molecule has 0 aromatic heterocycles. The topological polar surface area (TPSA) is 55.6 Å². The molecule has 112 valence electrons. The third kappa shape index (κ3) is 5.52. The van der Waals surface area contributed by atoms with Crippen LogP contribution < -0.4 is 10.5 Å². The highest BCUT2D eigenvalue weighted by atomic mass is 19.3. The fraction of sp³-hybridized carbons (Fsp3) is 0.500. The maximum atomic E-state index is 12.4. The Balaban J connectivity index is 2.50. The molecule has 4 nitrogen and oxygen atoms in total. The molecule has 2 N–H and O–H groups in total. The minimum Gasteiger partial charge on any atom is -0.497 e. The number of hydrogen-bond donors (Lipinski definition) is 1. The Morgan fingerprint density at radius 3 is 2.50 bits per heavy atom. The molecular formula is C14H20F2N2O2. The van der Waals surface area contributed by atoms with Crippen LogP contribution in [-0.2, 0) is 11.2 Å². The minimum atomic E-state index is -2.54. The van der Waals surface area contributed by atoms with Crippen LogP contribution in [0.15, 0.2) is 24.3 Å². The molecule has 20 heavy (non-hydrogen) atoms. The number of ether oxygens (including phenoxy) is 1. The number of carbonyl (C=O) groups is 1. The summed E-state index contributed by atoms with van der Waals surface area (Å²) in [5, 5.41) is 0. The van der Waals surface area contributed by atoms with Gasteiger partial charge in [-0.1, -0.05) is 12.1 Å². The van der Waals surface area contributed by atoms with Crippen molar-refractivity contribution < 1.29 is 18.3 Å². The first-order valence-electron chi connectivity index (χ1n) is 6.45. The molecule has 0 spiro atoms. The number of rotatable bonds is 8. The molecule has 0 saturated carbocycles. The molecule has 1 aromatic carbocycles. The molecule has 0 unspecified atom stereocenters. The van der Waals surface area contributed by atoms with Crippen LogP contribution in [0.3, 0.4) is 0 Å². The summed E-state index contributed by atoms with van der Waals surface area (Å²) in [4.78, 5) is 13.0. The van der Waals surface area contributed by atoms with Gasteiger partial charge >= 0.3 is 0 Å². The first-order chi connectivity index (χ1) is 9.56. The van der Waals surface area contributed by atoms with Crippen molar-refractivity contribution in [1.29, 1.82) is 0 Å². The standard InChI is InChI=1S/C14H20F2N2O2/c1-20-12-5-2-11(3-6-12)4-7-14(19)18(9-8-17)10-13(15)16/h2-3,5-6,13H,4,7-10,17H2,1H3. The lowest BCUT2D eigenvalue weighted by Crippen LogP contribution is -2.38. The zero-order valence-corrected chi connectivity index (χ0v) is 11.5. The molecule has 0 saturated heterocycles. The lowest BCUT2D eigenvalue weighted by atomic mass is 10.1. The molecule has 1 rings (SSSR count). The smallest absolute Gasteiger partial charge is 0.255 e. The molecule has 0 heterocycles. The summed E-state index contributed by atoms with van der Waals surface area (Å²) < 4.78 is 29.8. The van der Waals surface area contributed by atoms with Crippen LogP contribution in [0.5, 0.6) is 5.75 Å². The molecule has 0 atom stereocenters. The Hall–Kier alpha value is -1.69. The van der Waals surface area contributed by atoms with Crippen LogP contribution in [0, 0.1) is 0 Å². The molecule has 1 amide bonds. The summed E-state index contributed by atoms with van der Waals surface area (Å²) in [6.07, 6.45) is -1.84. The maximum Gasteiger partial charge on any atom is 0.255 e. The second-order valence-electron chi connectivity index (χ2n) is 4.37. The number of methoxy groups -OCH3 is 1. The summed E-state index contributed by atoms with van der Waals surface area (Å²) in [6.45, 7) is -0.217. The fourth-order valence-electron chi connectivity index (χ4n) is 1.84. The lowest BCUT2D eigenvalue weighted by molar-refractivity contribution is -0.133. The van der Waals surface area contributed by atoms with Crippen LogP contribution in [0.2, 0.25) is 0 Å². The highest BCUT2D eigenvalue weighted by molar-refractivity contribution is 5.76. The van der Waals surface area contributed by atoms with Crippen molar-refractivity contribution in [3.05, 3.63) is 29.8 Å². The number of aryl methyl sites for hydroxylation is 1. The van der Waals surface area contributed by atoms with Gasteiger partial charge in [0.1, 0.15) is 5.75 Å². The minimum absolute atomic E-state index is 0.159. The Labute approximate surface area is 117 Å². The van der Waals surface area contributed by atoms with E-state index in [4.69, 9.17) is 10.5 Å². The third-order valence-corrected chi connectivity index (χ3v) is 2.90. The number of amides is 1. The monoisotopic (exact) mass is 286 g/mol. The van der Waals surface area contributed by atoms with Gasteiger partial charge in [-0.15, -0.1) is 0 Å². The van der Waals surface area contributed by atoms with Gasteiger partial charge in [-0.05, 0) is 24.1 Å². The Morgan fingerprint density at radius 1 is 1.35 bits per heavy atom. The molecule has 0 aliphatic rings. The van der Waals surface area contributed by atoms with Gasteiger partial charge in [0.15, 0.2) is 0 Å². The number of halogens is 2. The van der Waals surface area contributed by atoms with Gasteiger partial charge in [0.05, 0.1) is 13.7 Å². The van der Waals surface area contributed by atoms with E-state index in [1.165, 1.54) is 0 Å². The highest BCUT2D eigenvalue weighted by Gasteiger charge is 2.17. The number of nitrogens with zero attached hydrogens (tertiary/aromatic N) is 1. The van der Waals surface area contributed by atoms with Crippen molar-refractivity contribution in [3.8, 4) is 5.75 Å². The molecular weight excluding hydrogens is 266 g/mol. The van der Waals surface area contributed by atoms with E-state index < -0.39 is 13.0 Å². The highest BCUT2D eigenvalue weighted by Crippen LogP contribution is 2.13. The van der Waals surface area contributed by atoms with Crippen molar-refractivity contribution in [1.82, 2.24) is 4.90 Å². The average Bonchev–Trinajstić information content (AvgIpc) is 2.44. The Kier molecular flexibility index (Phi) is 6.93. The first kappa shape index (κ1) is 16.4. The quantitative estimate of drug-likeness (QED) is 0.791. The number of carbonyl (C=O) groups excluding carboxylic acids is 1. The largest absolute Gasteiger partial charge is 0.497 e. The van der Waals surface area contributed by atoms with E-state index in [1.54, 1.807) is 19.2 Å². The van der Waals surface area contributed by atoms with Crippen LogP contribution in [0.4, 0.5) is 8.78 Å². The molecule has 0 aliphatic carbocycles. The van der Waals surface area contributed by atoms with Gasteiger partial charge in [-0.2, -0.15) is 0 Å². The zero-order valence-electron chi connectivity index (χ0n) is 11.5. The van der Waals surface area contributed by atoms with E-state index in [0.717, 1.165) is 16.2 Å². The summed E-state index contributed by atoms with van der Waals surface area (Å²) >= 11 is 0. The van der Waals surface area contributed by atoms with Gasteiger partial charge in [0.2, 0.25) is 5.91 Å². The van der Waals surface area contributed by atoms with Gasteiger partial charge in [-0.3, -0.25) is 4.79 Å². The van der Waals surface area contributed by atoms with Gasteiger partial charge in [-0.25, -0.2) is 8.78 Å². The fourth-order valence-corrected chi connectivity index (χ4v) is 1.84. The second kappa shape index (κ2) is 8.47. The predicted octanol–water partition coefficient (Wildman–Crippen LogP) is 1.68. The molecule has 0 aliphatic heterocycles. The predicted molar refractivity (Wildman–Crippen MR) is 73.0 cm³/mol. The summed E-state index contributed by atoms with van der Waals surface area (Å²) in [7, 11) is 1.58. The van der Waals surface area contributed by atoms with Gasteiger partial charge < -0.3 is 15.4 Å². The second-order valence-corrected chi connectivity index (χ2v) is 4.37. The third-order valence-electron chi connectivity index (χ3n) is 2.90. The SMILES string of the molecule is COc1ccc(CCC(=O)N(CCN)CC(F)F)cc1. The number of benzene rings is 1. The van der Waals surface area contributed by atoms with Crippen LogP contribution in [-0.4, -0.2) is 44.0 Å². The van der Waals surface area contributed by atoms with Crippen molar-refractivity contribution in [2.75, 3.05) is 26.7 Å². The van der Waals surface area contributed by atoms with Crippen LogP contribution >= 0.6 is 0 Å². The van der Waals surface area contributed by atoms with E-state index in [2.05, 4.69) is 0 Å². The van der Waals surface area contributed by atoms with Crippen molar-refractivity contribution in [3.63, 3.8) is 0 Å². The zero-order chi connectivity index (χ0) is 15.0. The average molecular weight is 286 g/mol. The van der Waals surface area contributed by atoms with Crippen molar-refractivity contribution in [2.45, 2.75) is 19.3 Å². The maximum absolute atomic E-state index is 12.4.